The maximum atomic E-state index is 12.8. The van der Waals surface area contributed by atoms with Crippen LogP contribution in [0.25, 0.3) is 0 Å². The minimum atomic E-state index is -4.41. The number of rotatable bonds is 77. The smallest absolute Gasteiger partial charge is 0.462 e. The summed E-state index contributed by atoms with van der Waals surface area (Å²) in [5.74, 6) is -0.830. The molecule has 0 spiro atoms. The first-order chi connectivity index (χ1) is 50.8. The molecule has 0 aliphatic heterocycles. The molecule has 10 heteroatoms. The predicted octanol–water partition coefficient (Wildman–Crippen LogP) is 28.8. The highest BCUT2D eigenvalue weighted by atomic mass is 31.2. The van der Waals surface area contributed by atoms with Gasteiger partial charge in [-0.05, 0) is 141 Å². The van der Waals surface area contributed by atoms with E-state index in [4.69, 9.17) is 24.3 Å². The lowest BCUT2D eigenvalue weighted by molar-refractivity contribution is -0.161. The van der Waals surface area contributed by atoms with Crippen LogP contribution in [0.15, 0.2) is 194 Å². The second-order valence-electron chi connectivity index (χ2n) is 27.2. The number of hydrogen-bond donors (Lipinski definition) is 2. The quantitative estimate of drug-likeness (QED) is 0.0264. The van der Waals surface area contributed by atoms with Crippen molar-refractivity contribution >= 4 is 19.8 Å². The summed E-state index contributed by atoms with van der Waals surface area (Å²) < 4.78 is 33.3. The molecule has 3 N–H and O–H groups in total. The Morgan fingerprint density at radius 2 is 0.505 bits per heavy atom. The van der Waals surface area contributed by atoms with Crippen LogP contribution in [0.1, 0.15) is 348 Å². The van der Waals surface area contributed by atoms with Crippen LogP contribution >= 0.6 is 7.82 Å². The number of carbonyl (C=O) groups excluding carboxylic acids is 2. The molecule has 0 rings (SSSR count). The van der Waals surface area contributed by atoms with Gasteiger partial charge in [-0.1, -0.05) is 388 Å². The van der Waals surface area contributed by atoms with Gasteiger partial charge in [0.2, 0.25) is 0 Å². The zero-order valence-electron chi connectivity index (χ0n) is 66.0. The molecule has 0 bridgehead atoms. The van der Waals surface area contributed by atoms with Crippen molar-refractivity contribution in [3.05, 3.63) is 194 Å². The van der Waals surface area contributed by atoms with Crippen molar-refractivity contribution in [3.63, 3.8) is 0 Å². The van der Waals surface area contributed by atoms with Gasteiger partial charge in [-0.3, -0.25) is 18.6 Å². The van der Waals surface area contributed by atoms with Crippen LogP contribution in [-0.4, -0.2) is 49.3 Å². The van der Waals surface area contributed by atoms with Gasteiger partial charge in [0.15, 0.2) is 6.10 Å². The van der Waals surface area contributed by atoms with Crippen molar-refractivity contribution in [2.75, 3.05) is 26.4 Å². The zero-order chi connectivity index (χ0) is 74.3. The lowest BCUT2D eigenvalue weighted by atomic mass is 10.0. The highest BCUT2D eigenvalue weighted by molar-refractivity contribution is 7.47. The first-order valence-corrected chi connectivity index (χ1v) is 43.4. The molecule has 0 saturated carbocycles. The van der Waals surface area contributed by atoms with Gasteiger partial charge in [-0.2, -0.15) is 0 Å². The molecule has 584 valence electrons. The van der Waals surface area contributed by atoms with Crippen LogP contribution in [-0.2, 0) is 32.7 Å². The third kappa shape index (κ3) is 85.7. The van der Waals surface area contributed by atoms with Crippen molar-refractivity contribution in [1.29, 1.82) is 0 Å². The average molecular weight is 1450 g/mol. The Morgan fingerprint density at radius 1 is 0.291 bits per heavy atom. The van der Waals surface area contributed by atoms with E-state index in [0.717, 1.165) is 148 Å². The maximum absolute atomic E-state index is 12.8. The Hall–Kier alpha value is -5.15. The van der Waals surface area contributed by atoms with E-state index in [1.54, 1.807) is 0 Å². The molecule has 0 amide bonds. The molecule has 103 heavy (non-hydrogen) atoms. The SMILES string of the molecule is CC/C=C\C/C=C\C/C=C\C/C=C\C/C=C\C/C=C\C/C=C\C/C=C\C/C=C\C/C=C\CCCCCCCCCCCCC(=O)OC(COC(=O)CCCCCCCCCCCCCCCCCCCCCCCC/C=C\C/C=C\C/C=C\C/C=C\C/C=C\C/C=C\CC)COP(=O)(O)OCCN. The normalized spacial score (nSPS) is 13.9. The predicted molar refractivity (Wildman–Crippen MR) is 449 cm³/mol. The Bertz CT molecular complexity index is 2410. The summed E-state index contributed by atoms with van der Waals surface area (Å²) in [5.41, 5.74) is 5.42. The minimum absolute atomic E-state index is 0.0464. The molecule has 2 unspecified atom stereocenters. The Labute approximate surface area is 634 Å². The van der Waals surface area contributed by atoms with E-state index in [2.05, 4.69) is 208 Å². The van der Waals surface area contributed by atoms with Crippen LogP contribution in [0, 0.1) is 0 Å². The van der Waals surface area contributed by atoms with Crippen molar-refractivity contribution in [3.8, 4) is 0 Å². The molecule has 0 aliphatic carbocycles. The number of hydrogen-bond acceptors (Lipinski definition) is 8. The van der Waals surface area contributed by atoms with Crippen LogP contribution < -0.4 is 5.73 Å². The van der Waals surface area contributed by atoms with Crippen LogP contribution in [0.2, 0.25) is 0 Å². The molecule has 0 heterocycles. The van der Waals surface area contributed by atoms with Crippen molar-refractivity contribution in [2.45, 2.75) is 354 Å². The van der Waals surface area contributed by atoms with E-state index in [9.17, 15) is 19.0 Å². The first-order valence-electron chi connectivity index (χ1n) is 41.9. The van der Waals surface area contributed by atoms with E-state index in [0.29, 0.717) is 6.42 Å². The van der Waals surface area contributed by atoms with E-state index in [1.807, 2.05) is 0 Å². The van der Waals surface area contributed by atoms with E-state index >= 15 is 0 Å². The summed E-state index contributed by atoms with van der Waals surface area (Å²) in [5, 5.41) is 0. The van der Waals surface area contributed by atoms with Gasteiger partial charge in [0.1, 0.15) is 6.61 Å². The first kappa shape index (κ1) is 97.8. The number of phosphoric ester groups is 1. The van der Waals surface area contributed by atoms with Gasteiger partial charge in [0.25, 0.3) is 0 Å². The topological polar surface area (TPSA) is 134 Å². The molecular formula is C93H154NO8P. The monoisotopic (exact) mass is 1440 g/mol. The second kappa shape index (κ2) is 85.8. The average Bonchev–Trinajstić information content (AvgIpc) is 0.970. The van der Waals surface area contributed by atoms with Crippen LogP contribution in [0.4, 0.5) is 0 Å². The summed E-state index contributed by atoms with van der Waals surface area (Å²) in [6.07, 6.45) is 130. The fraction of sp³-hybridized carbons (Fsp3) is 0.634. The van der Waals surface area contributed by atoms with Crippen molar-refractivity contribution < 1.29 is 37.6 Å². The number of esters is 2. The highest BCUT2D eigenvalue weighted by Gasteiger charge is 2.26. The maximum Gasteiger partial charge on any atom is 0.472 e. The van der Waals surface area contributed by atoms with E-state index in [1.165, 1.54) is 167 Å². The molecule has 0 saturated heterocycles. The molecular weight excluding hydrogens is 1290 g/mol. The van der Waals surface area contributed by atoms with Crippen molar-refractivity contribution in [2.24, 2.45) is 5.73 Å². The lowest BCUT2D eigenvalue weighted by Gasteiger charge is -2.19. The Balaban J connectivity index is 3.86. The van der Waals surface area contributed by atoms with Gasteiger partial charge >= 0.3 is 19.8 Å². The third-order valence-corrected chi connectivity index (χ3v) is 18.5. The number of unbranched alkanes of at least 4 members (excludes halogenated alkanes) is 32. The molecule has 0 aromatic rings. The van der Waals surface area contributed by atoms with Gasteiger partial charge in [0, 0.05) is 19.4 Å². The van der Waals surface area contributed by atoms with Gasteiger partial charge in [0.05, 0.1) is 13.2 Å². The second-order valence-corrected chi connectivity index (χ2v) is 28.7. The zero-order valence-corrected chi connectivity index (χ0v) is 66.9. The standard InChI is InChI=1S/C93H154NO8P/c1-3-5-7-9-11-13-15-17-19-21-23-25-27-29-31-33-35-37-39-41-43-45-47-49-51-53-55-57-59-61-63-65-67-69-71-73-75-77-79-81-83-85-92(95)99-89-91(90-101-103(97,98)100-88-87-94)102-93(96)86-84-82-80-78-76-74-72-70-68-66-64-62-60-58-56-54-52-50-48-46-44-42-40-38-36-34-32-30-28-26-24-22-20-18-16-14-12-10-8-6-4-2/h5-8,11-14,17-20,23-26,29-32,35-38,42,44,48,50,54,56,60,62,91H,3-4,9-10,15-16,21-22,27-28,33-34,39-41,43,45-47,49,51-53,55,57-59,61,63-90,94H2,1-2H3,(H,97,98)/b7-5-,8-6-,13-11-,14-12-,19-17-,20-18-,25-23-,26-24-,31-29-,32-30-,37-35-,38-36-,44-42-,50-48-,56-54-,62-60-. The van der Waals surface area contributed by atoms with Gasteiger partial charge < -0.3 is 20.1 Å². The van der Waals surface area contributed by atoms with E-state index in [-0.39, 0.29) is 38.6 Å². The molecule has 9 nitrogen and oxygen atoms in total. The van der Waals surface area contributed by atoms with Gasteiger partial charge in [-0.15, -0.1) is 0 Å². The molecule has 2 atom stereocenters. The summed E-state index contributed by atoms with van der Waals surface area (Å²) in [7, 11) is -4.41. The highest BCUT2D eigenvalue weighted by Crippen LogP contribution is 2.43. The molecule has 0 fully saturated rings. The minimum Gasteiger partial charge on any atom is -0.462 e. The Morgan fingerprint density at radius 3 is 0.748 bits per heavy atom. The number of phosphoric acid groups is 1. The molecule has 0 aliphatic rings. The van der Waals surface area contributed by atoms with Crippen LogP contribution in [0.5, 0.6) is 0 Å². The van der Waals surface area contributed by atoms with Gasteiger partial charge in [-0.25, -0.2) is 4.57 Å². The molecule has 0 aromatic carbocycles. The van der Waals surface area contributed by atoms with Crippen LogP contribution in [0.3, 0.4) is 0 Å². The fourth-order valence-electron chi connectivity index (χ4n) is 11.4. The fourth-order valence-corrected chi connectivity index (χ4v) is 12.1. The summed E-state index contributed by atoms with van der Waals surface area (Å²) >= 11 is 0. The summed E-state index contributed by atoms with van der Waals surface area (Å²) in [4.78, 5) is 35.5. The summed E-state index contributed by atoms with van der Waals surface area (Å²) in [6.45, 7) is 3.53. The summed E-state index contributed by atoms with van der Waals surface area (Å²) in [6, 6.07) is 0. The van der Waals surface area contributed by atoms with E-state index < -0.39 is 26.5 Å². The number of nitrogens with two attached hydrogens (primary N) is 1. The number of allylic oxidation sites excluding steroid dienone is 32. The number of carbonyl (C=O) groups is 2. The largest absolute Gasteiger partial charge is 0.472 e. The third-order valence-electron chi connectivity index (χ3n) is 17.5. The molecule has 0 radical (unpaired) electrons. The Kier molecular flexibility index (Phi) is 81.5. The molecule has 0 aromatic heterocycles. The lowest BCUT2D eigenvalue weighted by Crippen LogP contribution is -2.29. The number of ether oxygens (including phenoxy) is 2. The van der Waals surface area contributed by atoms with Crippen molar-refractivity contribution in [1.82, 2.24) is 0 Å².